The van der Waals surface area contributed by atoms with Crippen LogP contribution in [-0.2, 0) is 14.8 Å². The van der Waals surface area contributed by atoms with Crippen LogP contribution >= 0.6 is 0 Å². The quantitative estimate of drug-likeness (QED) is 0.736. The third kappa shape index (κ3) is 2.04. The van der Waals surface area contributed by atoms with E-state index in [0.717, 1.165) is 12.8 Å². The van der Waals surface area contributed by atoms with Crippen molar-refractivity contribution >= 4 is 0 Å². The maximum atomic E-state index is 5.53. The van der Waals surface area contributed by atoms with E-state index in [9.17, 15) is 0 Å². The van der Waals surface area contributed by atoms with Gasteiger partial charge in [-0.25, -0.2) is 0 Å². The summed E-state index contributed by atoms with van der Waals surface area (Å²) >= 11 is 0. The Morgan fingerprint density at radius 2 is 1.60 bits per heavy atom. The molecule has 0 amide bonds. The molecule has 0 saturated carbocycles. The summed E-state index contributed by atoms with van der Waals surface area (Å²) in [5, 5.41) is 4.79. The molecule has 1 heterocycles. The number of rotatable bonds is 3. The van der Waals surface area contributed by atoms with Crippen molar-refractivity contribution in [1.82, 2.24) is 0 Å². The molecule has 0 aromatic rings. The summed E-state index contributed by atoms with van der Waals surface area (Å²) in [6.45, 7) is 11.0. The molecule has 4 nitrogen and oxygen atoms in total. The van der Waals surface area contributed by atoms with Crippen molar-refractivity contribution in [3.8, 4) is 0 Å². The Morgan fingerprint density at radius 3 is 2.13 bits per heavy atom. The lowest BCUT2D eigenvalue weighted by atomic mass is 9.64. The van der Waals surface area contributed by atoms with Crippen LogP contribution in [0.5, 0.6) is 0 Å². The van der Waals surface area contributed by atoms with E-state index < -0.39 is 0 Å². The molecule has 1 aliphatic rings. The van der Waals surface area contributed by atoms with Gasteiger partial charge in [-0.1, -0.05) is 18.9 Å². The monoisotopic (exact) mass is 217 g/mol. The molecule has 1 rings (SSSR count). The Balaban J connectivity index is 2.87. The highest BCUT2D eigenvalue weighted by Crippen LogP contribution is 2.50. The summed E-state index contributed by atoms with van der Waals surface area (Å²) in [5.74, 6) is 0. The van der Waals surface area contributed by atoms with E-state index in [-0.39, 0.29) is 16.6 Å². The molecule has 0 bridgehead atoms. The van der Waals surface area contributed by atoms with Gasteiger partial charge in [0.2, 0.25) is 0 Å². The standard InChI is InChI=1S/C11H23NO3/c1-9(2)10(3,4)13-15-14-11(9,5)7-6-8-12/h6-8,12H2,1-5H3. The van der Waals surface area contributed by atoms with E-state index >= 15 is 0 Å². The Morgan fingerprint density at radius 1 is 1.00 bits per heavy atom. The zero-order chi connectivity index (χ0) is 11.7. The molecule has 1 atom stereocenters. The van der Waals surface area contributed by atoms with E-state index in [2.05, 4.69) is 13.8 Å². The number of hydrogen-bond acceptors (Lipinski definition) is 4. The molecule has 1 saturated heterocycles. The Bertz CT molecular complexity index is 228. The van der Waals surface area contributed by atoms with E-state index in [0.29, 0.717) is 6.54 Å². The van der Waals surface area contributed by atoms with Crippen molar-refractivity contribution in [3.63, 3.8) is 0 Å². The summed E-state index contributed by atoms with van der Waals surface area (Å²) in [4.78, 5) is 10.5. The fraction of sp³-hybridized carbons (Fsp3) is 1.00. The predicted molar refractivity (Wildman–Crippen MR) is 57.8 cm³/mol. The maximum absolute atomic E-state index is 5.53. The summed E-state index contributed by atoms with van der Waals surface area (Å²) in [6.07, 6.45) is 1.78. The molecule has 15 heavy (non-hydrogen) atoms. The lowest BCUT2D eigenvalue weighted by Crippen LogP contribution is -2.60. The first-order chi connectivity index (χ1) is 6.77. The molecule has 2 N–H and O–H groups in total. The minimum Gasteiger partial charge on any atom is -0.330 e. The van der Waals surface area contributed by atoms with Crippen molar-refractivity contribution in [2.45, 2.75) is 58.7 Å². The zero-order valence-corrected chi connectivity index (χ0v) is 10.4. The first kappa shape index (κ1) is 12.9. The first-order valence-corrected chi connectivity index (χ1v) is 5.50. The molecule has 0 spiro atoms. The molecule has 1 unspecified atom stereocenters. The van der Waals surface area contributed by atoms with Crippen molar-refractivity contribution < 1.29 is 14.8 Å². The highest BCUT2D eigenvalue weighted by atomic mass is 17.5. The van der Waals surface area contributed by atoms with Gasteiger partial charge >= 0.3 is 0 Å². The van der Waals surface area contributed by atoms with Crippen LogP contribution in [0.4, 0.5) is 0 Å². The minimum atomic E-state index is -0.380. The molecule has 1 aliphatic heterocycles. The van der Waals surface area contributed by atoms with Crippen LogP contribution in [0.3, 0.4) is 0 Å². The largest absolute Gasteiger partial charge is 0.330 e. The summed E-state index contributed by atoms with van der Waals surface area (Å²) in [6, 6.07) is 0. The molecular weight excluding hydrogens is 194 g/mol. The van der Waals surface area contributed by atoms with Crippen molar-refractivity contribution in [3.05, 3.63) is 0 Å². The Labute approximate surface area is 91.9 Å². The van der Waals surface area contributed by atoms with Gasteiger partial charge < -0.3 is 5.73 Å². The van der Waals surface area contributed by atoms with Crippen LogP contribution in [0.2, 0.25) is 0 Å². The van der Waals surface area contributed by atoms with Gasteiger partial charge in [0.05, 0.1) is 0 Å². The normalized spacial score (nSPS) is 34.0. The van der Waals surface area contributed by atoms with Crippen molar-refractivity contribution in [2.75, 3.05) is 6.54 Å². The van der Waals surface area contributed by atoms with Crippen LogP contribution in [0.1, 0.15) is 47.5 Å². The second-order valence-electron chi connectivity index (χ2n) is 5.49. The van der Waals surface area contributed by atoms with Crippen LogP contribution in [0.15, 0.2) is 0 Å². The van der Waals surface area contributed by atoms with Crippen molar-refractivity contribution in [1.29, 1.82) is 0 Å². The lowest BCUT2D eigenvalue weighted by molar-refractivity contribution is -0.621. The predicted octanol–water partition coefficient (Wildman–Crippen LogP) is 2.18. The second-order valence-corrected chi connectivity index (χ2v) is 5.49. The van der Waals surface area contributed by atoms with Gasteiger partial charge in [-0.3, -0.25) is 0 Å². The summed E-state index contributed by atoms with van der Waals surface area (Å²) < 4.78 is 0. The fourth-order valence-corrected chi connectivity index (χ4v) is 1.82. The molecule has 0 aromatic heterocycles. The van der Waals surface area contributed by atoms with Crippen LogP contribution in [0, 0.1) is 5.41 Å². The summed E-state index contributed by atoms with van der Waals surface area (Å²) in [7, 11) is 0. The molecule has 4 heteroatoms. The van der Waals surface area contributed by atoms with Gasteiger partial charge in [-0.05, 0) is 40.2 Å². The topological polar surface area (TPSA) is 53.7 Å². The fourth-order valence-electron chi connectivity index (χ4n) is 1.82. The van der Waals surface area contributed by atoms with E-state index in [1.165, 1.54) is 0 Å². The Kier molecular flexibility index (Phi) is 3.45. The van der Waals surface area contributed by atoms with E-state index in [4.69, 9.17) is 20.5 Å². The van der Waals surface area contributed by atoms with Gasteiger partial charge in [0.1, 0.15) is 11.2 Å². The smallest absolute Gasteiger partial charge is 0.112 e. The number of hydrogen-bond donors (Lipinski definition) is 1. The zero-order valence-electron chi connectivity index (χ0n) is 10.4. The third-order valence-electron chi connectivity index (χ3n) is 4.15. The highest BCUT2D eigenvalue weighted by molar-refractivity contribution is 5.01. The Hall–Kier alpha value is -0.160. The van der Waals surface area contributed by atoms with Gasteiger partial charge in [0, 0.05) is 5.41 Å². The average molecular weight is 217 g/mol. The molecular formula is C11H23NO3. The first-order valence-electron chi connectivity index (χ1n) is 5.50. The number of nitrogens with two attached hydrogens (primary N) is 1. The van der Waals surface area contributed by atoms with Crippen LogP contribution in [-0.4, -0.2) is 17.7 Å². The van der Waals surface area contributed by atoms with E-state index in [1.54, 1.807) is 0 Å². The van der Waals surface area contributed by atoms with Crippen molar-refractivity contribution in [2.24, 2.45) is 11.1 Å². The highest BCUT2D eigenvalue weighted by Gasteiger charge is 2.57. The van der Waals surface area contributed by atoms with Crippen LogP contribution < -0.4 is 5.73 Å². The third-order valence-corrected chi connectivity index (χ3v) is 4.15. The minimum absolute atomic E-state index is 0.145. The molecule has 1 fully saturated rings. The van der Waals surface area contributed by atoms with E-state index in [1.807, 2.05) is 20.8 Å². The van der Waals surface area contributed by atoms with Gasteiger partial charge in [-0.2, -0.15) is 9.78 Å². The second kappa shape index (κ2) is 4.01. The maximum Gasteiger partial charge on any atom is 0.112 e. The average Bonchev–Trinajstić information content (AvgIpc) is 2.12. The van der Waals surface area contributed by atoms with Gasteiger partial charge in [-0.15, -0.1) is 0 Å². The van der Waals surface area contributed by atoms with Crippen LogP contribution in [0.25, 0.3) is 0 Å². The molecule has 0 aromatic carbocycles. The molecule has 90 valence electrons. The SMILES string of the molecule is CC1(C)OOOC(C)(CCCN)C1(C)C. The summed E-state index contributed by atoms with van der Waals surface area (Å²) in [5.41, 5.74) is 4.64. The van der Waals surface area contributed by atoms with Gasteiger partial charge in [0.15, 0.2) is 0 Å². The lowest BCUT2D eigenvalue weighted by Gasteiger charge is -2.53. The van der Waals surface area contributed by atoms with Gasteiger partial charge in [0.25, 0.3) is 0 Å². The molecule has 0 radical (unpaired) electrons. The molecule has 0 aliphatic carbocycles.